The van der Waals surface area contributed by atoms with Crippen LogP contribution >= 0.6 is 0 Å². The number of cyclic esters (lactones) is 1. The molecule has 1 aromatic rings. The maximum absolute atomic E-state index is 13.2. The molecule has 3 heterocycles. The van der Waals surface area contributed by atoms with Gasteiger partial charge in [0.05, 0.1) is 12.5 Å². The number of amides is 2. The SMILES string of the molecule is CC1=C\[C@@H](O)CC(=O)Cc2nc(c[nH]2)C(=O)N2CCC[C@@H]2C(=O)O[C@H]([C@@H](C)CO)[C@H](C)/C=C/C(=O)NC\C=C\1. The van der Waals surface area contributed by atoms with Crippen LogP contribution in [0.3, 0.4) is 0 Å². The summed E-state index contributed by atoms with van der Waals surface area (Å²) in [6, 6.07) is -0.814. The number of imidazole rings is 1. The second kappa shape index (κ2) is 14.0. The second-order valence-corrected chi connectivity index (χ2v) is 10.2. The predicted molar refractivity (Wildman–Crippen MR) is 142 cm³/mol. The van der Waals surface area contributed by atoms with Crippen molar-refractivity contribution in [1.82, 2.24) is 20.2 Å². The zero-order chi connectivity index (χ0) is 28.5. The first-order valence-electron chi connectivity index (χ1n) is 13.3. The van der Waals surface area contributed by atoms with Crippen LogP contribution in [0.4, 0.5) is 0 Å². The second-order valence-electron chi connectivity index (χ2n) is 10.2. The van der Waals surface area contributed by atoms with Crippen LogP contribution < -0.4 is 5.32 Å². The third kappa shape index (κ3) is 8.46. The molecule has 1 saturated heterocycles. The van der Waals surface area contributed by atoms with Crippen molar-refractivity contribution in [2.75, 3.05) is 19.7 Å². The summed E-state index contributed by atoms with van der Waals surface area (Å²) in [7, 11) is 0. The van der Waals surface area contributed by atoms with E-state index in [1.807, 2.05) is 0 Å². The number of nitrogens with one attached hydrogen (secondary N) is 2. The van der Waals surface area contributed by atoms with E-state index in [4.69, 9.17) is 4.74 Å². The molecule has 0 unspecified atom stereocenters. The maximum Gasteiger partial charge on any atom is 0.329 e. The summed E-state index contributed by atoms with van der Waals surface area (Å²) in [6.07, 6.45) is 8.50. The van der Waals surface area contributed by atoms with Crippen molar-refractivity contribution in [3.05, 3.63) is 53.7 Å². The number of nitrogens with zero attached hydrogens (tertiary/aromatic N) is 2. The first kappa shape index (κ1) is 30.0. The van der Waals surface area contributed by atoms with Gasteiger partial charge in [-0.15, -0.1) is 0 Å². The van der Waals surface area contributed by atoms with Crippen molar-refractivity contribution in [3.63, 3.8) is 0 Å². The number of Topliss-reactive ketones (excluding diaryl/α,β-unsaturated/α-hetero) is 1. The number of ketones is 1. The summed E-state index contributed by atoms with van der Waals surface area (Å²) in [6.45, 7) is 5.68. The number of rotatable bonds is 2. The van der Waals surface area contributed by atoms with Crippen LogP contribution in [0.25, 0.3) is 0 Å². The highest BCUT2D eigenvalue weighted by Gasteiger charge is 2.38. The standard InChI is InChI=1S/C28H38N4O7/c1-17-6-4-10-29-25(36)9-8-18(2)26(19(3)16-33)39-28(38)23-7-5-11-32(23)27(37)22-15-30-24(31-22)14-21(35)13-20(34)12-17/h4,6,8-9,12,15,18-20,23,26,33-34H,5,7,10-11,13-14,16H2,1-3H3,(H,29,36)(H,30,31)/b6-4+,9-8+,17-12+/t18-,19+,20-,23-,26+/m1/s1. The lowest BCUT2D eigenvalue weighted by atomic mass is 9.93. The molecule has 2 aliphatic rings. The number of ether oxygens (including phenoxy) is 1. The van der Waals surface area contributed by atoms with Crippen LogP contribution in [0, 0.1) is 11.8 Å². The Bertz CT molecular complexity index is 1140. The van der Waals surface area contributed by atoms with E-state index in [0.717, 1.165) is 5.57 Å². The van der Waals surface area contributed by atoms with Crippen molar-refractivity contribution in [1.29, 1.82) is 0 Å². The Morgan fingerprint density at radius 3 is 2.74 bits per heavy atom. The highest BCUT2D eigenvalue weighted by molar-refractivity contribution is 5.95. The molecule has 0 radical (unpaired) electrons. The molecule has 0 aromatic carbocycles. The van der Waals surface area contributed by atoms with Gasteiger partial charge in [0, 0.05) is 44.1 Å². The van der Waals surface area contributed by atoms with Gasteiger partial charge in [0.2, 0.25) is 5.91 Å². The number of carbonyl (C=O) groups is 4. The highest BCUT2D eigenvalue weighted by atomic mass is 16.5. The van der Waals surface area contributed by atoms with Gasteiger partial charge in [0.15, 0.2) is 0 Å². The molecule has 39 heavy (non-hydrogen) atoms. The summed E-state index contributed by atoms with van der Waals surface area (Å²) in [5, 5.41) is 22.8. The fourth-order valence-electron chi connectivity index (χ4n) is 4.74. The van der Waals surface area contributed by atoms with Gasteiger partial charge in [-0.25, -0.2) is 9.78 Å². The molecule has 11 nitrogen and oxygen atoms in total. The maximum atomic E-state index is 13.2. The van der Waals surface area contributed by atoms with E-state index in [-0.39, 0.29) is 49.3 Å². The average molecular weight is 543 g/mol. The first-order valence-corrected chi connectivity index (χ1v) is 13.3. The number of hydrogen-bond donors (Lipinski definition) is 4. The van der Waals surface area contributed by atoms with E-state index >= 15 is 0 Å². The molecule has 212 valence electrons. The number of esters is 1. The van der Waals surface area contributed by atoms with E-state index in [0.29, 0.717) is 25.2 Å². The minimum absolute atomic E-state index is 0.0832. The fourth-order valence-corrected chi connectivity index (χ4v) is 4.74. The summed E-state index contributed by atoms with van der Waals surface area (Å²) in [5.74, 6) is -2.14. The number of aliphatic hydroxyl groups excluding tert-OH is 2. The average Bonchev–Trinajstić information content (AvgIpc) is 3.57. The van der Waals surface area contributed by atoms with E-state index < -0.39 is 36.0 Å². The van der Waals surface area contributed by atoms with E-state index in [9.17, 15) is 29.4 Å². The van der Waals surface area contributed by atoms with Crippen LogP contribution in [0.1, 0.15) is 56.3 Å². The highest BCUT2D eigenvalue weighted by Crippen LogP contribution is 2.25. The van der Waals surface area contributed by atoms with Gasteiger partial charge in [0.25, 0.3) is 5.91 Å². The number of fused-ring (bicyclic) bond motifs is 3. The molecule has 2 amide bonds. The summed E-state index contributed by atoms with van der Waals surface area (Å²) in [4.78, 5) is 59.7. The predicted octanol–water partition coefficient (Wildman–Crippen LogP) is 1.24. The van der Waals surface area contributed by atoms with Gasteiger partial charge in [-0.2, -0.15) is 0 Å². The third-order valence-corrected chi connectivity index (χ3v) is 6.84. The molecule has 1 aromatic heterocycles. The van der Waals surface area contributed by atoms with E-state index in [1.54, 1.807) is 45.1 Å². The Labute approximate surface area is 228 Å². The van der Waals surface area contributed by atoms with Crippen molar-refractivity contribution < 1.29 is 34.1 Å². The molecule has 0 spiro atoms. The quantitative estimate of drug-likeness (QED) is 0.406. The molecule has 3 rings (SSSR count). The summed E-state index contributed by atoms with van der Waals surface area (Å²) in [5.41, 5.74) is 0.806. The Balaban J connectivity index is 1.87. The van der Waals surface area contributed by atoms with Crippen LogP contribution in [-0.4, -0.2) is 86.6 Å². The number of aromatic nitrogens is 2. The van der Waals surface area contributed by atoms with Gasteiger partial charge in [0.1, 0.15) is 29.4 Å². The van der Waals surface area contributed by atoms with Gasteiger partial charge < -0.3 is 30.2 Å². The molecule has 0 aliphatic carbocycles. The Hall–Kier alpha value is -3.57. The molecule has 0 saturated carbocycles. The molecular formula is C28H38N4O7. The topological polar surface area (TPSA) is 162 Å². The number of hydrogen-bond acceptors (Lipinski definition) is 8. The van der Waals surface area contributed by atoms with E-state index in [2.05, 4.69) is 15.3 Å². The normalized spacial score (nSPS) is 30.0. The van der Waals surface area contributed by atoms with E-state index in [1.165, 1.54) is 17.2 Å². The smallest absolute Gasteiger partial charge is 0.329 e. The lowest BCUT2D eigenvalue weighted by Crippen LogP contribution is -2.44. The van der Waals surface area contributed by atoms with Crippen molar-refractivity contribution >= 4 is 23.6 Å². The van der Waals surface area contributed by atoms with Crippen LogP contribution in [0.5, 0.6) is 0 Å². The monoisotopic (exact) mass is 542 g/mol. The Morgan fingerprint density at radius 2 is 2.00 bits per heavy atom. The van der Waals surface area contributed by atoms with Gasteiger partial charge in [-0.05, 0) is 25.8 Å². The zero-order valence-electron chi connectivity index (χ0n) is 22.6. The van der Waals surface area contributed by atoms with Crippen LogP contribution in [0.2, 0.25) is 0 Å². The summed E-state index contributed by atoms with van der Waals surface area (Å²) >= 11 is 0. The minimum Gasteiger partial charge on any atom is -0.460 e. The fraction of sp³-hybridized carbons (Fsp3) is 0.536. The van der Waals surface area contributed by atoms with Crippen LogP contribution in [-0.2, 0) is 25.5 Å². The molecular weight excluding hydrogens is 504 g/mol. The molecule has 1 fully saturated rings. The Kier molecular flexibility index (Phi) is 10.8. The largest absolute Gasteiger partial charge is 0.460 e. The first-order chi connectivity index (χ1) is 18.6. The number of aliphatic hydroxyl groups is 2. The molecule has 2 aliphatic heterocycles. The lowest BCUT2D eigenvalue weighted by Gasteiger charge is -2.30. The van der Waals surface area contributed by atoms with Gasteiger partial charge in [-0.1, -0.05) is 43.7 Å². The number of aromatic amines is 1. The van der Waals surface area contributed by atoms with Gasteiger partial charge in [-0.3, -0.25) is 14.4 Å². The van der Waals surface area contributed by atoms with Crippen molar-refractivity contribution in [3.8, 4) is 0 Å². The Morgan fingerprint density at radius 1 is 1.23 bits per heavy atom. The van der Waals surface area contributed by atoms with Crippen LogP contribution in [0.15, 0.2) is 42.2 Å². The summed E-state index contributed by atoms with van der Waals surface area (Å²) < 4.78 is 5.82. The molecule has 11 heteroatoms. The minimum atomic E-state index is -0.996. The van der Waals surface area contributed by atoms with Gasteiger partial charge >= 0.3 is 5.97 Å². The number of carbonyl (C=O) groups excluding carboxylic acids is 4. The molecule has 2 bridgehead atoms. The lowest BCUT2D eigenvalue weighted by molar-refractivity contribution is -0.159. The number of allylic oxidation sites excluding steroid dienone is 2. The molecule has 5 atom stereocenters. The molecule has 4 N–H and O–H groups in total. The van der Waals surface area contributed by atoms with Crippen molar-refractivity contribution in [2.45, 2.75) is 64.7 Å². The zero-order valence-corrected chi connectivity index (χ0v) is 22.6. The van der Waals surface area contributed by atoms with Crippen molar-refractivity contribution in [2.24, 2.45) is 11.8 Å². The number of H-pyrrole nitrogens is 1. The third-order valence-electron chi connectivity index (χ3n) is 6.84.